The summed E-state index contributed by atoms with van der Waals surface area (Å²) in [6.07, 6.45) is 0. The second kappa shape index (κ2) is 13.6. The molecule has 0 unspecified atom stereocenters. The van der Waals surface area contributed by atoms with Crippen LogP contribution in [0.3, 0.4) is 0 Å². The summed E-state index contributed by atoms with van der Waals surface area (Å²) in [4.78, 5) is 2.34. The number of anilines is 3. The lowest BCUT2D eigenvalue weighted by Gasteiger charge is -2.26. The molecule has 4 heteroatoms. The molecular weight excluding hydrogens is 759 g/mol. The van der Waals surface area contributed by atoms with Gasteiger partial charge in [0.05, 0.1) is 11.1 Å². The molecule has 3 heterocycles. The van der Waals surface area contributed by atoms with E-state index in [1.807, 2.05) is 24.3 Å². The van der Waals surface area contributed by atoms with Gasteiger partial charge in [0, 0.05) is 49.4 Å². The van der Waals surface area contributed by atoms with Crippen LogP contribution in [-0.4, -0.2) is 0 Å². The van der Waals surface area contributed by atoms with Gasteiger partial charge >= 0.3 is 0 Å². The van der Waals surface area contributed by atoms with Crippen LogP contribution in [0.4, 0.5) is 17.1 Å². The van der Waals surface area contributed by atoms with E-state index >= 15 is 0 Å². The maximum Gasteiger partial charge on any atom is 0.144 e. The molecule has 62 heavy (non-hydrogen) atoms. The first-order valence-electron chi connectivity index (χ1n) is 21.0. The summed E-state index contributed by atoms with van der Waals surface area (Å²) in [5.41, 5.74) is 14.7. The summed E-state index contributed by atoms with van der Waals surface area (Å²) in [5.74, 6) is 0. The van der Waals surface area contributed by atoms with Gasteiger partial charge < -0.3 is 18.2 Å². The summed E-state index contributed by atoms with van der Waals surface area (Å²) in [6.45, 7) is 0. The third kappa shape index (κ3) is 5.33. The van der Waals surface area contributed by atoms with Crippen LogP contribution in [0, 0.1) is 0 Å². The lowest BCUT2D eigenvalue weighted by molar-refractivity contribution is 0.664. The van der Waals surface area contributed by atoms with Gasteiger partial charge in [-0.15, -0.1) is 0 Å². The molecule has 0 saturated heterocycles. The first-order valence-corrected chi connectivity index (χ1v) is 21.0. The van der Waals surface area contributed by atoms with Crippen LogP contribution in [-0.2, 0) is 0 Å². The summed E-state index contributed by atoms with van der Waals surface area (Å²) in [6, 6.07) is 74.8. The van der Waals surface area contributed by atoms with Gasteiger partial charge in [-0.2, -0.15) is 0 Å². The van der Waals surface area contributed by atoms with E-state index < -0.39 is 0 Å². The van der Waals surface area contributed by atoms with Crippen molar-refractivity contribution < 1.29 is 13.3 Å². The molecule has 0 bridgehead atoms. The van der Waals surface area contributed by atoms with Gasteiger partial charge in [0.15, 0.2) is 0 Å². The predicted molar refractivity (Wildman–Crippen MR) is 257 cm³/mol. The SMILES string of the molecule is c1ccc(-c2ccc(N(c3ccc(-c4cccc5c4oc4ccccc45)cc3)c3cccc4oc5c(-c6ccc7ccccc7c6)c6c(cc5c34)oc3ccccc36)cc2)cc1. The molecule has 4 nitrogen and oxygen atoms in total. The minimum Gasteiger partial charge on any atom is -0.456 e. The Morgan fingerprint density at radius 1 is 0.306 bits per heavy atom. The monoisotopic (exact) mass is 793 g/mol. The molecule has 0 radical (unpaired) electrons. The quantitative estimate of drug-likeness (QED) is 0.168. The van der Waals surface area contributed by atoms with Crippen LogP contribution in [0.25, 0.3) is 110 Å². The van der Waals surface area contributed by atoms with Crippen LogP contribution in [0.1, 0.15) is 0 Å². The predicted octanol–water partition coefficient (Wildman–Crippen LogP) is 17.0. The van der Waals surface area contributed by atoms with Crippen LogP contribution >= 0.6 is 0 Å². The largest absolute Gasteiger partial charge is 0.456 e. The van der Waals surface area contributed by atoms with Gasteiger partial charge in [0.2, 0.25) is 0 Å². The molecule has 10 aromatic carbocycles. The molecule has 0 aliphatic rings. The maximum absolute atomic E-state index is 7.08. The molecule has 3 aromatic heterocycles. The highest BCUT2D eigenvalue weighted by Gasteiger charge is 2.25. The summed E-state index contributed by atoms with van der Waals surface area (Å²) < 4.78 is 20.2. The maximum atomic E-state index is 7.08. The van der Waals surface area contributed by atoms with E-state index in [4.69, 9.17) is 13.3 Å². The van der Waals surface area contributed by atoms with E-state index in [-0.39, 0.29) is 0 Å². The smallest absolute Gasteiger partial charge is 0.144 e. The highest BCUT2D eigenvalue weighted by atomic mass is 16.3. The van der Waals surface area contributed by atoms with Crippen molar-refractivity contribution in [3.8, 4) is 33.4 Å². The molecule has 0 saturated carbocycles. The van der Waals surface area contributed by atoms with Gasteiger partial charge in [-0.25, -0.2) is 0 Å². The van der Waals surface area contributed by atoms with Crippen LogP contribution in [0.15, 0.2) is 226 Å². The van der Waals surface area contributed by atoms with Gasteiger partial charge in [0.25, 0.3) is 0 Å². The number of rotatable bonds is 6. The molecular formula is C58H35NO3. The van der Waals surface area contributed by atoms with E-state index in [2.05, 4.69) is 193 Å². The van der Waals surface area contributed by atoms with Crippen molar-refractivity contribution in [1.29, 1.82) is 0 Å². The lowest BCUT2D eigenvalue weighted by atomic mass is 9.94. The second-order valence-electron chi connectivity index (χ2n) is 16.0. The topological polar surface area (TPSA) is 42.7 Å². The van der Waals surface area contributed by atoms with E-state index in [0.717, 1.165) is 111 Å². The molecule has 0 amide bonds. The Morgan fingerprint density at radius 3 is 1.71 bits per heavy atom. The standard InChI is InChI=1S/C58H35NO3/c1-2-12-36(13-3-1)38-26-30-42(31-27-38)59(43-32-28-39(29-33-43)44-18-10-19-46-45-16-6-8-21-50(45)61-57(44)46)49-20-11-23-52-55(49)48-35-53-56(47-17-7-9-22-51(47)60-53)54(58(48)62-52)41-25-24-37-14-4-5-15-40(37)34-41/h1-35H. The van der Waals surface area contributed by atoms with Crippen molar-refractivity contribution in [2.45, 2.75) is 0 Å². The Balaban J connectivity index is 1.04. The van der Waals surface area contributed by atoms with Crippen LogP contribution in [0.5, 0.6) is 0 Å². The van der Waals surface area contributed by atoms with Gasteiger partial charge in [0.1, 0.15) is 33.5 Å². The molecule has 13 aromatic rings. The summed E-state index contributed by atoms with van der Waals surface area (Å²) >= 11 is 0. The Morgan fingerprint density at radius 2 is 0.903 bits per heavy atom. The highest BCUT2D eigenvalue weighted by Crippen LogP contribution is 2.49. The molecule has 290 valence electrons. The van der Waals surface area contributed by atoms with Crippen molar-refractivity contribution in [2.75, 3.05) is 4.90 Å². The number of nitrogens with zero attached hydrogens (tertiary/aromatic N) is 1. The normalized spacial score (nSPS) is 11.9. The molecule has 0 N–H and O–H groups in total. The van der Waals surface area contributed by atoms with Crippen LogP contribution < -0.4 is 4.90 Å². The minimum atomic E-state index is 0.801. The van der Waals surface area contributed by atoms with Crippen molar-refractivity contribution in [3.63, 3.8) is 0 Å². The molecule has 0 atom stereocenters. The summed E-state index contributed by atoms with van der Waals surface area (Å²) in [5, 5.41) is 8.71. The third-order valence-electron chi connectivity index (χ3n) is 12.5. The van der Waals surface area contributed by atoms with E-state index in [1.165, 1.54) is 16.3 Å². The van der Waals surface area contributed by atoms with Gasteiger partial charge in [-0.1, -0.05) is 152 Å². The van der Waals surface area contributed by atoms with Gasteiger partial charge in [-0.05, 0) is 93.7 Å². The first-order chi connectivity index (χ1) is 30.7. The number of hydrogen-bond acceptors (Lipinski definition) is 4. The zero-order valence-electron chi connectivity index (χ0n) is 33.4. The Kier molecular flexibility index (Phi) is 7.57. The fourth-order valence-electron chi connectivity index (χ4n) is 9.58. The Bertz CT molecular complexity index is 3850. The molecule has 0 fully saturated rings. The third-order valence-corrected chi connectivity index (χ3v) is 12.5. The zero-order chi connectivity index (χ0) is 40.7. The number of para-hydroxylation sites is 3. The summed E-state index contributed by atoms with van der Waals surface area (Å²) in [7, 11) is 0. The Labute approximate surface area is 356 Å². The van der Waals surface area contributed by atoms with Crippen molar-refractivity contribution in [1.82, 2.24) is 0 Å². The molecule has 0 aliphatic carbocycles. The molecule has 0 aliphatic heterocycles. The molecule has 13 rings (SSSR count). The minimum absolute atomic E-state index is 0.801. The highest BCUT2D eigenvalue weighted by molar-refractivity contribution is 6.26. The average molecular weight is 794 g/mol. The number of benzene rings is 10. The fraction of sp³-hybridized carbons (Fsp3) is 0. The van der Waals surface area contributed by atoms with E-state index in [0.29, 0.717) is 0 Å². The number of hydrogen-bond donors (Lipinski definition) is 0. The number of fused-ring (bicyclic) bond motifs is 10. The molecule has 0 spiro atoms. The van der Waals surface area contributed by atoms with Crippen molar-refractivity contribution in [2.24, 2.45) is 0 Å². The zero-order valence-corrected chi connectivity index (χ0v) is 33.4. The van der Waals surface area contributed by atoms with Crippen molar-refractivity contribution >= 4 is 93.7 Å². The van der Waals surface area contributed by atoms with Crippen molar-refractivity contribution in [3.05, 3.63) is 212 Å². The Hall–Kier alpha value is -8.34. The number of furan rings is 3. The second-order valence-corrected chi connectivity index (χ2v) is 16.0. The fourth-order valence-corrected chi connectivity index (χ4v) is 9.58. The first kappa shape index (κ1) is 34.5. The van der Waals surface area contributed by atoms with Crippen LogP contribution in [0.2, 0.25) is 0 Å². The van der Waals surface area contributed by atoms with E-state index in [1.54, 1.807) is 0 Å². The average Bonchev–Trinajstić information content (AvgIpc) is 4.03. The lowest BCUT2D eigenvalue weighted by Crippen LogP contribution is -2.10. The van der Waals surface area contributed by atoms with Gasteiger partial charge in [-0.3, -0.25) is 0 Å². The van der Waals surface area contributed by atoms with E-state index in [9.17, 15) is 0 Å².